The topological polar surface area (TPSA) is 52.9 Å². The minimum atomic E-state index is -1.03. The highest BCUT2D eigenvalue weighted by Crippen LogP contribution is 2.06. The first-order valence-corrected chi connectivity index (χ1v) is 2.37. The average molecular weight is 136 g/mol. The predicted molar refractivity (Wildman–Crippen MR) is 32.0 cm³/mol. The number of hydrogen-bond donors (Lipinski definition) is 0. The summed E-state index contributed by atoms with van der Waals surface area (Å²) in [6.45, 7) is 6.43. The van der Waals surface area contributed by atoms with Crippen molar-refractivity contribution in [2.24, 2.45) is 9.98 Å². The fourth-order valence-corrected chi connectivity index (χ4v) is 0.522. The third-order valence-electron chi connectivity index (χ3n) is 0.924. The molecule has 4 nitrogen and oxygen atoms in total. The molecule has 0 saturated carbocycles. The van der Waals surface area contributed by atoms with Crippen LogP contribution in [0.1, 0.15) is 0 Å². The summed E-state index contributed by atoms with van der Waals surface area (Å²) >= 11 is 0. The van der Waals surface area contributed by atoms with Crippen LogP contribution in [0.2, 0.25) is 0 Å². The molecule has 0 spiro atoms. The van der Waals surface area contributed by atoms with E-state index in [2.05, 4.69) is 14.8 Å². The van der Waals surface area contributed by atoms with Crippen LogP contribution in [0.5, 0.6) is 0 Å². The summed E-state index contributed by atoms with van der Waals surface area (Å²) in [5.41, 5.74) is 0. The van der Waals surface area contributed by atoms with Crippen LogP contribution < -0.4 is 0 Å². The molecule has 0 saturated heterocycles. The van der Waals surface area contributed by atoms with Crippen molar-refractivity contribution in [3.8, 4) is 6.07 Å². The molecule has 1 aliphatic rings. The van der Waals surface area contributed by atoms with Gasteiger partial charge in [0, 0.05) is 0 Å². The zero-order valence-electron chi connectivity index (χ0n) is 4.74. The summed E-state index contributed by atoms with van der Waals surface area (Å²) < 4.78 is 12.1. The summed E-state index contributed by atoms with van der Waals surface area (Å²) in [5.74, 6) is -0.194. The van der Waals surface area contributed by atoms with Crippen LogP contribution in [-0.4, -0.2) is 18.0 Å². The van der Waals surface area contributed by atoms with E-state index < -0.39 is 12.1 Å². The molecule has 0 aromatic carbocycles. The van der Waals surface area contributed by atoms with Gasteiger partial charge < -0.3 is 4.85 Å². The zero-order chi connectivity index (χ0) is 7.56. The Kier molecular flexibility index (Phi) is 1.43. The Morgan fingerprint density at radius 2 is 2.50 bits per heavy atom. The van der Waals surface area contributed by atoms with Gasteiger partial charge in [-0.05, 0) is 0 Å². The van der Waals surface area contributed by atoms with Gasteiger partial charge in [-0.3, -0.25) is 0 Å². The first-order chi connectivity index (χ1) is 4.77. The number of hydrogen-bond acceptors (Lipinski definition) is 3. The lowest BCUT2D eigenvalue weighted by Crippen LogP contribution is -2.07. The van der Waals surface area contributed by atoms with E-state index >= 15 is 0 Å². The molecule has 1 atom stereocenters. The van der Waals surface area contributed by atoms with Gasteiger partial charge in [0.1, 0.15) is 0 Å². The summed E-state index contributed by atoms with van der Waals surface area (Å²) in [6, 6.07) is 0.593. The largest absolute Gasteiger partial charge is 0.400 e. The van der Waals surface area contributed by atoms with Gasteiger partial charge in [0.25, 0.3) is 5.84 Å². The van der Waals surface area contributed by atoms with Gasteiger partial charge >= 0.3 is 6.09 Å². The fourth-order valence-electron chi connectivity index (χ4n) is 0.522. The summed E-state index contributed by atoms with van der Waals surface area (Å²) in [7, 11) is 0. The molecule has 1 aliphatic heterocycles. The highest BCUT2D eigenvalue weighted by atomic mass is 19.1. The van der Waals surface area contributed by atoms with Crippen LogP contribution in [0.25, 0.3) is 4.85 Å². The Balaban J connectivity index is 2.94. The van der Waals surface area contributed by atoms with E-state index in [0.717, 1.165) is 0 Å². The molecule has 10 heavy (non-hydrogen) atoms. The maximum atomic E-state index is 12.1. The van der Waals surface area contributed by atoms with Gasteiger partial charge in [0.2, 0.25) is 0 Å². The van der Waals surface area contributed by atoms with E-state index in [1.807, 2.05) is 0 Å². The van der Waals surface area contributed by atoms with Crippen LogP contribution in [0.4, 0.5) is 4.39 Å². The SMILES string of the molecule is [C-]#[N+]C1=NC(F)=NC1C#N. The van der Waals surface area contributed by atoms with Gasteiger partial charge in [-0.15, -0.1) is 4.39 Å². The number of aliphatic imine (C=N–C) groups is 2. The van der Waals surface area contributed by atoms with E-state index in [4.69, 9.17) is 11.8 Å². The monoisotopic (exact) mass is 136 g/mol. The fraction of sp³-hybridized carbons (Fsp3) is 0.200. The molecule has 1 heterocycles. The molecule has 48 valence electrons. The van der Waals surface area contributed by atoms with Crippen molar-refractivity contribution in [1.82, 2.24) is 0 Å². The molecule has 0 bridgehead atoms. The highest BCUT2D eigenvalue weighted by molar-refractivity contribution is 6.08. The maximum absolute atomic E-state index is 12.1. The molecule has 0 N–H and O–H groups in total. The van der Waals surface area contributed by atoms with Crippen molar-refractivity contribution in [3.05, 3.63) is 11.4 Å². The number of nitriles is 1. The van der Waals surface area contributed by atoms with Gasteiger partial charge in [-0.25, -0.2) is 4.99 Å². The van der Waals surface area contributed by atoms with Crippen LogP contribution >= 0.6 is 0 Å². The summed E-state index contributed by atoms with van der Waals surface area (Å²) in [5, 5.41) is 8.24. The van der Waals surface area contributed by atoms with E-state index in [9.17, 15) is 4.39 Å². The zero-order valence-corrected chi connectivity index (χ0v) is 4.74. The van der Waals surface area contributed by atoms with Crippen LogP contribution in [0, 0.1) is 17.9 Å². The minimum Gasteiger partial charge on any atom is -0.361 e. The Morgan fingerprint density at radius 1 is 1.80 bits per heavy atom. The number of nitrogens with zero attached hydrogens (tertiary/aromatic N) is 4. The minimum absolute atomic E-state index is 0.194. The predicted octanol–water partition coefficient (Wildman–Crippen LogP) is 0.535. The number of amidine groups is 2. The number of rotatable bonds is 0. The molecular formula is C5HFN4. The molecule has 0 aliphatic carbocycles. The summed E-state index contributed by atoms with van der Waals surface area (Å²) in [6.07, 6.45) is -0.988. The highest BCUT2D eigenvalue weighted by Gasteiger charge is 2.24. The molecule has 0 amide bonds. The first kappa shape index (κ1) is 6.37. The standard InChI is InChI=1S/C5HFN4/c1-8-4-3(2-7)9-5(6)10-4/h3H. The number of halogens is 1. The smallest absolute Gasteiger partial charge is 0.361 e. The van der Waals surface area contributed by atoms with E-state index in [1.54, 1.807) is 6.07 Å². The second-order valence-electron chi connectivity index (χ2n) is 1.51. The average Bonchev–Trinajstić information content (AvgIpc) is 2.30. The Hall–Kier alpha value is -1.75. The molecule has 0 aromatic heterocycles. The first-order valence-electron chi connectivity index (χ1n) is 2.37. The van der Waals surface area contributed by atoms with E-state index in [0.29, 0.717) is 0 Å². The Morgan fingerprint density at radius 3 is 2.90 bits per heavy atom. The molecule has 1 unspecified atom stereocenters. The Bertz CT molecular complexity index is 290. The van der Waals surface area contributed by atoms with E-state index in [1.165, 1.54) is 0 Å². The lowest BCUT2D eigenvalue weighted by atomic mass is 10.3. The van der Waals surface area contributed by atoms with Crippen molar-refractivity contribution in [1.29, 1.82) is 5.26 Å². The van der Waals surface area contributed by atoms with Crippen LogP contribution in [-0.2, 0) is 0 Å². The van der Waals surface area contributed by atoms with Gasteiger partial charge in [-0.2, -0.15) is 5.26 Å². The van der Waals surface area contributed by atoms with E-state index in [-0.39, 0.29) is 5.84 Å². The second kappa shape index (κ2) is 2.24. The third-order valence-corrected chi connectivity index (χ3v) is 0.924. The van der Waals surface area contributed by atoms with Crippen molar-refractivity contribution >= 4 is 11.9 Å². The summed E-state index contributed by atoms with van der Waals surface area (Å²) in [4.78, 5) is 9.03. The molecule has 0 radical (unpaired) electrons. The van der Waals surface area contributed by atoms with Gasteiger partial charge in [0.05, 0.1) is 6.07 Å². The maximum Gasteiger partial charge on any atom is 0.400 e. The second-order valence-corrected chi connectivity index (χ2v) is 1.51. The molecule has 0 aromatic rings. The quantitative estimate of drug-likeness (QED) is 0.354. The molecular weight excluding hydrogens is 135 g/mol. The molecule has 5 heteroatoms. The van der Waals surface area contributed by atoms with Gasteiger partial charge in [0.15, 0.2) is 6.04 Å². The third kappa shape index (κ3) is 0.848. The lowest BCUT2D eigenvalue weighted by molar-refractivity contribution is 0.788. The lowest BCUT2D eigenvalue weighted by Gasteiger charge is -1.87. The van der Waals surface area contributed by atoms with Crippen molar-refractivity contribution in [2.45, 2.75) is 6.04 Å². The van der Waals surface area contributed by atoms with Crippen LogP contribution in [0.15, 0.2) is 9.98 Å². The van der Waals surface area contributed by atoms with Crippen LogP contribution in [0.3, 0.4) is 0 Å². The molecule has 0 fully saturated rings. The van der Waals surface area contributed by atoms with Crippen molar-refractivity contribution in [2.75, 3.05) is 0 Å². The van der Waals surface area contributed by atoms with Crippen molar-refractivity contribution < 1.29 is 4.39 Å². The Labute approximate surface area is 56.1 Å². The normalized spacial score (nSPS) is 22.5. The van der Waals surface area contributed by atoms with Crippen molar-refractivity contribution in [3.63, 3.8) is 0 Å². The van der Waals surface area contributed by atoms with Gasteiger partial charge in [-0.1, -0.05) is 11.6 Å². The molecule has 1 rings (SSSR count).